The van der Waals surface area contributed by atoms with E-state index in [1.165, 1.54) is 12.6 Å². The molecule has 5 heterocycles. The van der Waals surface area contributed by atoms with Gasteiger partial charge >= 0.3 is 0 Å². The third-order valence-electron chi connectivity index (χ3n) is 4.74. The first-order valence-electron chi connectivity index (χ1n) is 8.38. The molecule has 0 aliphatic carbocycles. The number of oxazole rings is 1. The Balaban J connectivity index is 1.64. The van der Waals surface area contributed by atoms with Crippen LogP contribution in [0.5, 0.6) is 0 Å². The summed E-state index contributed by atoms with van der Waals surface area (Å²) in [5.74, 6) is 0.00276. The van der Waals surface area contributed by atoms with Gasteiger partial charge in [0, 0.05) is 24.9 Å². The van der Waals surface area contributed by atoms with Crippen LogP contribution >= 0.6 is 0 Å². The Labute approximate surface area is 148 Å². The third-order valence-corrected chi connectivity index (χ3v) is 4.74. The Bertz CT molecular complexity index is 1090. The number of rotatable bonds is 2. The zero-order valence-electron chi connectivity index (χ0n) is 14.1. The average Bonchev–Trinajstić information content (AvgIpc) is 3.38. The van der Waals surface area contributed by atoms with Gasteiger partial charge in [-0.1, -0.05) is 6.07 Å². The van der Waals surface area contributed by atoms with Crippen molar-refractivity contribution in [2.75, 3.05) is 6.54 Å². The Morgan fingerprint density at radius 1 is 1.38 bits per heavy atom. The van der Waals surface area contributed by atoms with Crippen LogP contribution in [0.4, 0.5) is 0 Å². The lowest BCUT2D eigenvalue weighted by Crippen LogP contribution is -2.40. The van der Waals surface area contributed by atoms with Crippen LogP contribution in [-0.4, -0.2) is 41.9 Å². The number of H-pyrrole nitrogens is 1. The Morgan fingerprint density at radius 3 is 3.15 bits per heavy atom. The molecule has 0 bridgehead atoms. The SMILES string of the molecule is Cc1ccc2cc([C@@H]3c4nc[nH]c4CCN3C(=O)c3cnco3)nn2c1. The van der Waals surface area contributed by atoms with Gasteiger partial charge in [0.2, 0.25) is 5.76 Å². The van der Waals surface area contributed by atoms with E-state index in [4.69, 9.17) is 9.52 Å². The minimum absolute atomic E-state index is 0.214. The number of nitrogens with one attached hydrogen (secondary N) is 1. The van der Waals surface area contributed by atoms with Crippen molar-refractivity contribution in [1.82, 2.24) is 29.5 Å². The van der Waals surface area contributed by atoms with Gasteiger partial charge in [-0.15, -0.1) is 0 Å². The van der Waals surface area contributed by atoms with E-state index in [1.807, 2.05) is 35.8 Å². The minimum atomic E-state index is -0.372. The Kier molecular flexibility index (Phi) is 3.18. The number of carbonyl (C=O) groups is 1. The van der Waals surface area contributed by atoms with Gasteiger partial charge in [-0.3, -0.25) is 4.79 Å². The smallest absolute Gasteiger partial charge is 0.292 e. The number of pyridine rings is 1. The molecular formula is C18H16N6O2. The van der Waals surface area contributed by atoms with Crippen molar-refractivity contribution in [3.63, 3.8) is 0 Å². The molecule has 1 amide bonds. The van der Waals surface area contributed by atoms with Crippen LogP contribution < -0.4 is 0 Å². The van der Waals surface area contributed by atoms with Crippen LogP contribution in [0.1, 0.15) is 39.2 Å². The van der Waals surface area contributed by atoms with E-state index in [-0.39, 0.29) is 17.7 Å². The molecule has 130 valence electrons. The standard InChI is InChI=1S/C18H16N6O2/c1-11-2-3-12-6-14(22-24(12)8-11)17-16-13(20-9-21-16)4-5-23(17)18(25)15-7-19-10-26-15/h2-3,6-10,17H,4-5H2,1H3,(H,20,21)/t17-/m1/s1. The van der Waals surface area contributed by atoms with E-state index in [1.54, 1.807) is 11.2 Å². The summed E-state index contributed by atoms with van der Waals surface area (Å²) in [5, 5.41) is 4.71. The molecule has 0 saturated heterocycles. The maximum absolute atomic E-state index is 13.0. The normalized spacial score (nSPS) is 16.8. The first-order chi connectivity index (χ1) is 12.7. The predicted molar refractivity (Wildman–Crippen MR) is 91.6 cm³/mol. The van der Waals surface area contributed by atoms with Crippen LogP contribution in [-0.2, 0) is 6.42 Å². The number of hydrogen-bond donors (Lipinski definition) is 1. The summed E-state index contributed by atoms with van der Waals surface area (Å²) in [6.45, 7) is 2.57. The van der Waals surface area contributed by atoms with Crippen molar-refractivity contribution in [1.29, 1.82) is 0 Å². The van der Waals surface area contributed by atoms with E-state index < -0.39 is 0 Å². The summed E-state index contributed by atoms with van der Waals surface area (Å²) in [5.41, 5.74) is 4.72. The number of fused-ring (bicyclic) bond motifs is 2. The number of hydrogen-bond acceptors (Lipinski definition) is 5. The first kappa shape index (κ1) is 14.9. The molecule has 0 radical (unpaired) electrons. The summed E-state index contributed by atoms with van der Waals surface area (Å²) in [4.78, 5) is 26.2. The van der Waals surface area contributed by atoms with Gasteiger partial charge in [0.15, 0.2) is 6.39 Å². The Morgan fingerprint density at radius 2 is 2.31 bits per heavy atom. The number of aromatic amines is 1. The molecule has 0 aromatic carbocycles. The summed E-state index contributed by atoms with van der Waals surface area (Å²) in [6.07, 6.45) is 7.04. The lowest BCUT2D eigenvalue weighted by Gasteiger charge is -2.33. The zero-order valence-corrected chi connectivity index (χ0v) is 14.1. The van der Waals surface area contributed by atoms with Gasteiger partial charge in [0.05, 0.1) is 29.4 Å². The quantitative estimate of drug-likeness (QED) is 0.599. The molecule has 8 heteroatoms. The molecule has 8 nitrogen and oxygen atoms in total. The summed E-state index contributed by atoms with van der Waals surface area (Å²) < 4.78 is 7.06. The fourth-order valence-electron chi connectivity index (χ4n) is 3.50. The maximum Gasteiger partial charge on any atom is 0.292 e. The molecule has 0 spiro atoms. The van der Waals surface area contributed by atoms with Crippen LogP contribution in [0.25, 0.3) is 5.52 Å². The van der Waals surface area contributed by atoms with Crippen molar-refractivity contribution < 1.29 is 9.21 Å². The second-order valence-corrected chi connectivity index (χ2v) is 6.43. The molecule has 1 N–H and O–H groups in total. The summed E-state index contributed by atoms with van der Waals surface area (Å²) in [6, 6.07) is 5.68. The molecule has 4 aromatic rings. The van der Waals surface area contributed by atoms with Crippen molar-refractivity contribution >= 4 is 11.4 Å². The van der Waals surface area contributed by atoms with E-state index in [0.29, 0.717) is 13.0 Å². The number of nitrogens with zero attached hydrogens (tertiary/aromatic N) is 5. The van der Waals surface area contributed by atoms with Crippen molar-refractivity contribution in [3.05, 3.63) is 71.7 Å². The lowest BCUT2D eigenvalue weighted by molar-refractivity contribution is 0.0654. The monoisotopic (exact) mass is 348 g/mol. The molecule has 4 aromatic heterocycles. The molecule has 0 fully saturated rings. The summed E-state index contributed by atoms with van der Waals surface area (Å²) in [7, 11) is 0. The van der Waals surface area contributed by atoms with Gasteiger partial charge < -0.3 is 14.3 Å². The van der Waals surface area contributed by atoms with Gasteiger partial charge in [-0.25, -0.2) is 14.5 Å². The molecular weight excluding hydrogens is 332 g/mol. The minimum Gasteiger partial charge on any atom is -0.438 e. The number of aryl methyl sites for hydroxylation is 1. The molecule has 1 aliphatic heterocycles. The van der Waals surface area contributed by atoms with E-state index in [0.717, 1.165) is 28.2 Å². The number of imidazole rings is 1. The third kappa shape index (κ3) is 2.22. The average molecular weight is 348 g/mol. The highest BCUT2D eigenvalue weighted by molar-refractivity contribution is 5.91. The van der Waals surface area contributed by atoms with Crippen LogP contribution in [0, 0.1) is 6.92 Å². The van der Waals surface area contributed by atoms with Crippen molar-refractivity contribution in [2.24, 2.45) is 0 Å². The van der Waals surface area contributed by atoms with Crippen molar-refractivity contribution in [2.45, 2.75) is 19.4 Å². The van der Waals surface area contributed by atoms with Gasteiger partial charge in [-0.05, 0) is 24.6 Å². The number of aromatic nitrogens is 5. The van der Waals surface area contributed by atoms with Crippen molar-refractivity contribution in [3.8, 4) is 0 Å². The second-order valence-electron chi connectivity index (χ2n) is 6.43. The number of amides is 1. The molecule has 26 heavy (non-hydrogen) atoms. The largest absolute Gasteiger partial charge is 0.438 e. The molecule has 5 rings (SSSR count). The van der Waals surface area contributed by atoms with Crippen LogP contribution in [0.2, 0.25) is 0 Å². The van der Waals surface area contributed by atoms with E-state index in [2.05, 4.69) is 15.0 Å². The highest BCUT2D eigenvalue weighted by Crippen LogP contribution is 2.34. The summed E-state index contributed by atoms with van der Waals surface area (Å²) >= 11 is 0. The zero-order chi connectivity index (χ0) is 17.7. The van der Waals surface area contributed by atoms with E-state index in [9.17, 15) is 4.79 Å². The lowest BCUT2D eigenvalue weighted by atomic mass is 9.99. The fraction of sp³-hybridized carbons (Fsp3) is 0.222. The molecule has 1 aliphatic rings. The predicted octanol–water partition coefficient (Wildman–Crippen LogP) is 2.14. The first-order valence-corrected chi connectivity index (χ1v) is 8.38. The highest BCUT2D eigenvalue weighted by atomic mass is 16.3. The Hall–Kier alpha value is -3.42. The second kappa shape index (κ2) is 5.55. The maximum atomic E-state index is 13.0. The van der Waals surface area contributed by atoms with Crippen LogP contribution in [0.3, 0.4) is 0 Å². The van der Waals surface area contributed by atoms with Crippen LogP contribution in [0.15, 0.2) is 47.7 Å². The fourth-order valence-corrected chi connectivity index (χ4v) is 3.50. The van der Waals surface area contributed by atoms with Gasteiger partial charge in [-0.2, -0.15) is 5.10 Å². The topological polar surface area (TPSA) is 92.3 Å². The van der Waals surface area contributed by atoms with Gasteiger partial charge in [0.1, 0.15) is 6.04 Å². The molecule has 0 saturated carbocycles. The molecule has 1 atom stereocenters. The molecule has 0 unspecified atom stereocenters. The highest BCUT2D eigenvalue weighted by Gasteiger charge is 2.37. The number of carbonyl (C=O) groups excluding carboxylic acids is 1. The van der Waals surface area contributed by atoms with E-state index >= 15 is 0 Å². The van der Waals surface area contributed by atoms with Gasteiger partial charge in [0.25, 0.3) is 5.91 Å².